The van der Waals surface area contributed by atoms with E-state index in [0.717, 1.165) is 6.42 Å². The van der Waals surface area contributed by atoms with Gasteiger partial charge in [0.05, 0.1) is 13.2 Å². The second kappa shape index (κ2) is 8.85. The standard InChI is InChI=1S/C15H23N2O3.ClH/c1-13(2)10-14-4-3-5-16(11-14)12-20-15(18)17-6-8-19-9-7-17;/h3-5,11,13H,6-10,12H2,1-2H3;1H/q+1;/p-1. The Morgan fingerprint density at radius 2 is 2.14 bits per heavy atom. The largest absolute Gasteiger partial charge is 1.00 e. The van der Waals surface area contributed by atoms with Crippen LogP contribution in [0.5, 0.6) is 0 Å². The fourth-order valence-corrected chi connectivity index (χ4v) is 2.22. The fourth-order valence-electron chi connectivity index (χ4n) is 2.22. The maximum Gasteiger partial charge on any atom is 0.414 e. The summed E-state index contributed by atoms with van der Waals surface area (Å²) in [4.78, 5) is 13.6. The lowest BCUT2D eigenvalue weighted by atomic mass is 10.1. The van der Waals surface area contributed by atoms with Crippen LogP contribution in [-0.2, 0) is 22.6 Å². The zero-order valence-corrected chi connectivity index (χ0v) is 13.4. The van der Waals surface area contributed by atoms with Crippen LogP contribution in [0.2, 0.25) is 0 Å². The summed E-state index contributed by atoms with van der Waals surface area (Å²) in [5.74, 6) is 0.613. The third-order valence-corrected chi connectivity index (χ3v) is 3.17. The zero-order valence-electron chi connectivity index (χ0n) is 12.6. The predicted octanol–water partition coefficient (Wildman–Crippen LogP) is -1.40. The van der Waals surface area contributed by atoms with Gasteiger partial charge in [0.1, 0.15) is 0 Å². The van der Waals surface area contributed by atoms with Crippen LogP contribution < -0.4 is 17.0 Å². The molecule has 0 atom stereocenters. The van der Waals surface area contributed by atoms with Gasteiger partial charge in [-0.2, -0.15) is 4.57 Å². The molecule has 1 aliphatic heterocycles. The lowest BCUT2D eigenvalue weighted by Gasteiger charge is -2.25. The number of hydrogen-bond acceptors (Lipinski definition) is 3. The van der Waals surface area contributed by atoms with Gasteiger partial charge in [0.15, 0.2) is 12.4 Å². The molecule has 1 amide bonds. The Morgan fingerprint density at radius 1 is 1.43 bits per heavy atom. The molecule has 6 heteroatoms. The van der Waals surface area contributed by atoms with Crippen molar-refractivity contribution in [1.82, 2.24) is 4.90 Å². The van der Waals surface area contributed by atoms with Crippen LogP contribution in [0, 0.1) is 5.92 Å². The van der Waals surface area contributed by atoms with Crippen LogP contribution in [-0.4, -0.2) is 37.3 Å². The highest BCUT2D eigenvalue weighted by molar-refractivity contribution is 5.67. The van der Waals surface area contributed by atoms with Crippen molar-refractivity contribution >= 4 is 6.09 Å². The van der Waals surface area contributed by atoms with Gasteiger partial charge in [0.2, 0.25) is 0 Å². The summed E-state index contributed by atoms with van der Waals surface area (Å²) in [7, 11) is 0. The first-order chi connectivity index (χ1) is 9.65. The van der Waals surface area contributed by atoms with Crippen molar-refractivity contribution in [2.45, 2.75) is 27.0 Å². The number of rotatable bonds is 4. The van der Waals surface area contributed by atoms with E-state index in [1.165, 1.54) is 5.56 Å². The minimum atomic E-state index is -0.268. The molecule has 1 fully saturated rings. The summed E-state index contributed by atoms with van der Waals surface area (Å²) in [6.45, 7) is 7.03. The lowest BCUT2D eigenvalue weighted by molar-refractivity contribution is -0.727. The second-order valence-corrected chi connectivity index (χ2v) is 5.46. The molecule has 1 aromatic heterocycles. The van der Waals surface area contributed by atoms with E-state index in [4.69, 9.17) is 9.47 Å². The molecule has 0 aromatic carbocycles. The number of carbonyl (C=O) groups excluding carboxylic acids is 1. The van der Waals surface area contributed by atoms with Gasteiger partial charge in [-0.1, -0.05) is 13.8 Å². The summed E-state index contributed by atoms with van der Waals surface area (Å²) in [5.41, 5.74) is 1.25. The van der Waals surface area contributed by atoms with Crippen molar-refractivity contribution in [3.63, 3.8) is 0 Å². The quantitative estimate of drug-likeness (QED) is 0.642. The number of ether oxygens (including phenoxy) is 2. The molecule has 0 saturated carbocycles. The SMILES string of the molecule is CC(C)Cc1ccc[n+](COC(=O)N2CCOCC2)c1.[Cl-]. The topological polar surface area (TPSA) is 42.7 Å². The van der Waals surface area contributed by atoms with Gasteiger partial charge >= 0.3 is 6.09 Å². The van der Waals surface area contributed by atoms with E-state index < -0.39 is 0 Å². The van der Waals surface area contributed by atoms with Crippen LogP contribution in [0.1, 0.15) is 19.4 Å². The minimum absolute atomic E-state index is 0. The van der Waals surface area contributed by atoms with Gasteiger partial charge in [-0.15, -0.1) is 0 Å². The van der Waals surface area contributed by atoms with Gasteiger partial charge in [-0.3, -0.25) is 0 Å². The Balaban J connectivity index is 0.00000220. The summed E-state index contributed by atoms with van der Waals surface area (Å²) < 4.78 is 12.4. The van der Waals surface area contributed by atoms with Crippen molar-refractivity contribution in [1.29, 1.82) is 0 Å². The molecule has 1 saturated heterocycles. The van der Waals surface area contributed by atoms with Gasteiger partial charge in [-0.05, 0) is 18.4 Å². The third-order valence-electron chi connectivity index (χ3n) is 3.17. The smallest absolute Gasteiger partial charge is 0.414 e. The van der Waals surface area contributed by atoms with Crippen molar-refractivity contribution in [3.05, 3.63) is 30.1 Å². The summed E-state index contributed by atoms with van der Waals surface area (Å²) in [5, 5.41) is 0. The van der Waals surface area contributed by atoms with Crippen LogP contribution in [0.3, 0.4) is 0 Å². The Hall–Kier alpha value is -1.33. The van der Waals surface area contributed by atoms with Gasteiger partial charge in [-0.25, -0.2) is 4.79 Å². The molecular formula is C15H23ClN2O3. The maximum absolute atomic E-state index is 11.9. The van der Waals surface area contributed by atoms with E-state index in [1.54, 1.807) is 4.90 Å². The zero-order chi connectivity index (χ0) is 14.4. The molecule has 0 aliphatic carbocycles. The minimum Gasteiger partial charge on any atom is -1.00 e. The van der Waals surface area contributed by atoms with E-state index in [-0.39, 0.29) is 25.2 Å². The predicted molar refractivity (Wildman–Crippen MR) is 74.1 cm³/mol. The molecule has 21 heavy (non-hydrogen) atoms. The fraction of sp³-hybridized carbons (Fsp3) is 0.600. The van der Waals surface area contributed by atoms with Gasteiger partial charge in [0, 0.05) is 24.7 Å². The van der Waals surface area contributed by atoms with Crippen molar-refractivity contribution < 1.29 is 31.2 Å². The first-order valence-electron chi connectivity index (χ1n) is 7.12. The van der Waals surface area contributed by atoms with Gasteiger partial charge in [0.25, 0.3) is 6.73 Å². The molecule has 0 radical (unpaired) electrons. The highest BCUT2D eigenvalue weighted by Gasteiger charge is 2.19. The van der Waals surface area contributed by atoms with Crippen LogP contribution in [0.4, 0.5) is 4.79 Å². The first-order valence-corrected chi connectivity index (χ1v) is 7.12. The molecule has 0 N–H and O–H groups in total. The number of hydrogen-bond donors (Lipinski definition) is 0. The van der Waals surface area contributed by atoms with E-state index in [9.17, 15) is 4.79 Å². The molecule has 1 aliphatic rings. The summed E-state index contributed by atoms with van der Waals surface area (Å²) in [6, 6.07) is 4.08. The number of pyridine rings is 1. The van der Waals surface area contributed by atoms with Gasteiger partial charge < -0.3 is 26.8 Å². The number of carbonyl (C=O) groups is 1. The monoisotopic (exact) mass is 314 g/mol. The van der Waals surface area contributed by atoms with Crippen LogP contribution in [0.15, 0.2) is 24.5 Å². The number of halogens is 1. The van der Waals surface area contributed by atoms with Crippen molar-refractivity contribution in [3.8, 4) is 0 Å². The Labute approximate surface area is 132 Å². The highest BCUT2D eigenvalue weighted by atomic mass is 35.5. The molecule has 0 bridgehead atoms. The Kier molecular flexibility index (Phi) is 7.47. The number of morpholine rings is 1. The highest BCUT2D eigenvalue weighted by Crippen LogP contribution is 2.05. The summed E-state index contributed by atoms with van der Waals surface area (Å²) >= 11 is 0. The average Bonchev–Trinajstić information content (AvgIpc) is 2.45. The molecule has 0 unspecified atom stereocenters. The van der Waals surface area contributed by atoms with E-state index in [2.05, 4.69) is 19.9 Å². The van der Waals surface area contributed by atoms with E-state index >= 15 is 0 Å². The molecular weight excluding hydrogens is 292 g/mol. The molecule has 2 rings (SSSR count). The van der Waals surface area contributed by atoms with Crippen molar-refractivity contribution in [2.75, 3.05) is 26.3 Å². The molecule has 5 nitrogen and oxygen atoms in total. The first kappa shape index (κ1) is 17.7. The molecule has 2 heterocycles. The number of amides is 1. The molecule has 1 aromatic rings. The lowest BCUT2D eigenvalue weighted by Crippen LogP contribution is -3.00. The van der Waals surface area contributed by atoms with E-state index in [0.29, 0.717) is 32.2 Å². The Bertz CT molecular complexity index is 448. The average molecular weight is 315 g/mol. The number of nitrogens with zero attached hydrogens (tertiary/aromatic N) is 2. The maximum atomic E-state index is 11.9. The van der Waals surface area contributed by atoms with Crippen LogP contribution >= 0.6 is 0 Å². The second-order valence-electron chi connectivity index (χ2n) is 5.46. The van der Waals surface area contributed by atoms with Crippen LogP contribution in [0.25, 0.3) is 0 Å². The Morgan fingerprint density at radius 3 is 2.81 bits per heavy atom. The summed E-state index contributed by atoms with van der Waals surface area (Å²) in [6.07, 6.45) is 4.71. The molecule has 118 valence electrons. The normalized spacial score (nSPS) is 14.7. The van der Waals surface area contributed by atoms with Crippen molar-refractivity contribution in [2.24, 2.45) is 5.92 Å². The number of aromatic nitrogens is 1. The third kappa shape index (κ3) is 5.89. The molecule has 0 spiro atoms. The van der Waals surface area contributed by atoms with E-state index in [1.807, 2.05) is 23.0 Å².